The van der Waals surface area contributed by atoms with Crippen LogP contribution in [0.4, 0.5) is 5.82 Å². The number of nitrogens with zero attached hydrogens (tertiary/aromatic N) is 4. The summed E-state index contributed by atoms with van der Waals surface area (Å²) >= 11 is 6.66. The van der Waals surface area contributed by atoms with E-state index < -0.39 is 0 Å². The summed E-state index contributed by atoms with van der Waals surface area (Å²) < 4.78 is 7.32. The maximum atomic E-state index is 13.2. The number of ether oxygens (including phenoxy) is 1. The number of aromatic nitrogens is 1. The lowest BCUT2D eigenvalue weighted by atomic mass is 10.0. The molecule has 0 atom stereocenters. The first kappa shape index (κ1) is 23.5. The molecule has 2 fully saturated rings. The minimum atomic E-state index is -0.250. The molecule has 3 heterocycles. The van der Waals surface area contributed by atoms with Crippen molar-refractivity contribution in [1.29, 1.82) is 5.26 Å². The Morgan fingerprint density at radius 3 is 2.58 bits per heavy atom. The van der Waals surface area contributed by atoms with Crippen molar-refractivity contribution in [3.8, 4) is 6.07 Å². The molecule has 0 saturated carbocycles. The molecular weight excluding hydrogens is 432 g/mol. The maximum absolute atomic E-state index is 13.2. The molecule has 9 heteroatoms. The Hall–Kier alpha value is -2.15. The minimum Gasteiger partial charge on any atom is -0.383 e. The molecule has 1 amide bonds. The van der Waals surface area contributed by atoms with Gasteiger partial charge in [-0.25, -0.2) is 0 Å². The van der Waals surface area contributed by atoms with E-state index >= 15 is 0 Å². The number of anilines is 1. The van der Waals surface area contributed by atoms with Crippen molar-refractivity contribution in [1.82, 2.24) is 9.47 Å². The highest BCUT2D eigenvalue weighted by atomic mass is 32.2. The molecular formula is C22H28N4O3S2. The van der Waals surface area contributed by atoms with E-state index in [1.165, 1.54) is 11.8 Å². The summed E-state index contributed by atoms with van der Waals surface area (Å²) in [6.07, 6.45) is 5.71. The molecule has 0 aromatic carbocycles. The van der Waals surface area contributed by atoms with E-state index in [2.05, 4.69) is 17.9 Å². The molecule has 0 unspecified atom stereocenters. The second-order valence-electron chi connectivity index (χ2n) is 7.68. The third kappa shape index (κ3) is 4.71. The van der Waals surface area contributed by atoms with Gasteiger partial charge in [0.1, 0.15) is 21.8 Å². The molecule has 0 radical (unpaired) electrons. The van der Waals surface area contributed by atoms with Gasteiger partial charge in [-0.15, -0.1) is 0 Å². The Morgan fingerprint density at radius 2 is 1.97 bits per heavy atom. The molecule has 1 aromatic rings. The zero-order valence-corrected chi connectivity index (χ0v) is 19.9. The monoisotopic (exact) mass is 460 g/mol. The number of methoxy groups -OCH3 is 1. The Labute approximate surface area is 192 Å². The fourth-order valence-corrected chi connectivity index (χ4v) is 5.23. The van der Waals surface area contributed by atoms with E-state index in [1.807, 2.05) is 6.08 Å². The van der Waals surface area contributed by atoms with Crippen LogP contribution < -0.4 is 10.5 Å². The topological polar surface area (TPSA) is 78.6 Å². The summed E-state index contributed by atoms with van der Waals surface area (Å²) in [6.45, 7) is 6.92. The molecule has 3 rings (SSSR count). The summed E-state index contributed by atoms with van der Waals surface area (Å²) in [7, 11) is 1.59. The maximum Gasteiger partial charge on any atom is 0.270 e. The number of carbonyl (C=O) groups is 1. The summed E-state index contributed by atoms with van der Waals surface area (Å²) in [4.78, 5) is 30.4. The largest absolute Gasteiger partial charge is 0.383 e. The SMILES string of the molecule is CCCCn1c(N2CCCC2)c(C=C2SC(=S)N(CCOC)C2=O)c(C)c(C#N)c1=O. The Balaban J connectivity index is 2.18. The molecule has 0 spiro atoms. The molecule has 2 aliphatic rings. The van der Waals surface area contributed by atoms with Crippen LogP contribution in [0.2, 0.25) is 0 Å². The normalized spacial score (nSPS) is 17.8. The van der Waals surface area contributed by atoms with Gasteiger partial charge in [-0.3, -0.25) is 19.1 Å². The van der Waals surface area contributed by atoms with E-state index in [1.54, 1.807) is 23.5 Å². The fraction of sp³-hybridized carbons (Fsp3) is 0.545. The van der Waals surface area contributed by atoms with Gasteiger partial charge in [0.2, 0.25) is 0 Å². The van der Waals surface area contributed by atoms with Gasteiger partial charge >= 0.3 is 0 Å². The first-order valence-electron chi connectivity index (χ1n) is 10.6. The van der Waals surface area contributed by atoms with Crippen LogP contribution in [0.1, 0.15) is 49.3 Å². The van der Waals surface area contributed by atoms with Gasteiger partial charge in [-0.2, -0.15) is 5.26 Å². The number of thioether (sulfide) groups is 1. The summed E-state index contributed by atoms with van der Waals surface area (Å²) in [6, 6.07) is 2.09. The second-order valence-corrected chi connectivity index (χ2v) is 9.36. The molecule has 31 heavy (non-hydrogen) atoms. The van der Waals surface area contributed by atoms with Gasteiger partial charge in [0.05, 0.1) is 18.1 Å². The average molecular weight is 461 g/mol. The molecule has 0 bridgehead atoms. The van der Waals surface area contributed by atoms with E-state index in [0.29, 0.717) is 34.5 Å². The molecule has 1 aromatic heterocycles. The van der Waals surface area contributed by atoms with Crippen LogP contribution in [0.15, 0.2) is 9.70 Å². The van der Waals surface area contributed by atoms with E-state index in [0.717, 1.165) is 50.2 Å². The Kier molecular flexibility index (Phi) is 7.92. The zero-order valence-electron chi connectivity index (χ0n) is 18.3. The predicted octanol–water partition coefficient (Wildman–Crippen LogP) is 3.28. The Morgan fingerprint density at radius 1 is 1.26 bits per heavy atom. The lowest BCUT2D eigenvalue weighted by Gasteiger charge is -2.27. The number of amides is 1. The molecule has 0 N–H and O–H groups in total. The third-order valence-corrected chi connectivity index (χ3v) is 7.03. The number of carbonyl (C=O) groups excluding carboxylic acids is 1. The number of pyridine rings is 1. The number of nitriles is 1. The number of rotatable bonds is 8. The van der Waals surface area contributed by atoms with Crippen molar-refractivity contribution in [3.63, 3.8) is 0 Å². The van der Waals surface area contributed by atoms with Crippen LogP contribution in [0.5, 0.6) is 0 Å². The fourth-order valence-electron chi connectivity index (χ4n) is 3.94. The third-order valence-electron chi connectivity index (χ3n) is 5.66. The smallest absolute Gasteiger partial charge is 0.270 e. The summed E-state index contributed by atoms with van der Waals surface area (Å²) in [5, 5.41) is 9.71. The summed E-state index contributed by atoms with van der Waals surface area (Å²) in [5.41, 5.74) is 1.27. The van der Waals surface area contributed by atoms with E-state index in [4.69, 9.17) is 17.0 Å². The van der Waals surface area contributed by atoms with Gasteiger partial charge < -0.3 is 9.64 Å². The van der Waals surface area contributed by atoms with Crippen LogP contribution in [0.3, 0.4) is 0 Å². The number of hydrogen-bond acceptors (Lipinski definition) is 7. The van der Waals surface area contributed by atoms with E-state index in [9.17, 15) is 14.9 Å². The number of hydrogen-bond donors (Lipinski definition) is 0. The second kappa shape index (κ2) is 10.4. The van der Waals surface area contributed by atoms with Crippen molar-refractivity contribution in [2.45, 2.75) is 46.1 Å². The lowest BCUT2D eigenvalue weighted by Crippen LogP contribution is -2.33. The highest BCUT2D eigenvalue weighted by Gasteiger charge is 2.33. The highest BCUT2D eigenvalue weighted by Crippen LogP contribution is 2.36. The van der Waals surface area contributed by atoms with Crippen molar-refractivity contribution < 1.29 is 9.53 Å². The standard InChI is InChI=1S/C22H28N4O3S2/c1-4-5-10-25-19(24-8-6-7-9-24)16(15(2)17(14-23)20(25)27)13-18-21(28)26(11-12-29-3)22(30)31-18/h13H,4-12H2,1-3H3. The molecule has 166 valence electrons. The number of unbranched alkanes of at least 4 members (excludes halogenated alkanes) is 1. The van der Waals surface area contributed by atoms with Crippen LogP contribution in [-0.2, 0) is 16.1 Å². The van der Waals surface area contributed by atoms with Crippen LogP contribution in [0.25, 0.3) is 6.08 Å². The predicted molar refractivity (Wildman–Crippen MR) is 128 cm³/mol. The molecule has 2 aliphatic heterocycles. The average Bonchev–Trinajstić information content (AvgIpc) is 3.37. The van der Waals surface area contributed by atoms with Crippen LogP contribution in [-0.4, -0.2) is 53.0 Å². The van der Waals surface area contributed by atoms with Gasteiger partial charge in [0.15, 0.2) is 0 Å². The summed E-state index contributed by atoms with van der Waals surface area (Å²) in [5.74, 6) is 0.651. The quantitative estimate of drug-likeness (QED) is 0.435. The van der Waals surface area contributed by atoms with Crippen LogP contribution in [0, 0.1) is 18.3 Å². The van der Waals surface area contributed by atoms with Crippen molar-refractivity contribution in [3.05, 3.63) is 31.9 Å². The molecule has 0 aliphatic carbocycles. The van der Waals surface area contributed by atoms with Crippen LogP contribution >= 0.6 is 24.0 Å². The number of thiocarbonyl (C=S) groups is 1. The Bertz CT molecular complexity index is 1000. The highest BCUT2D eigenvalue weighted by molar-refractivity contribution is 8.26. The molecule has 7 nitrogen and oxygen atoms in total. The van der Waals surface area contributed by atoms with Gasteiger partial charge in [-0.1, -0.05) is 37.3 Å². The zero-order chi connectivity index (χ0) is 22.5. The van der Waals surface area contributed by atoms with Gasteiger partial charge in [-0.05, 0) is 37.8 Å². The lowest BCUT2D eigenvalue weighted by molar-refractivity contribution is -0.122. The van der Waals surface area contributed by atoms with Crippen molar-refractivity contribution in [2.24, 2.45) is 0 Å². The van der Waals surface area contributed by atoms with Gasteiger partial charge in [0.25, 0.3) is 11.5 Å². The minimum absolute atomic E-state index is 0.139. The van der Waals surface area contributed by atoms with Crippen molar-refractivity contribution >= 4 is 46.1 Å². The van der Waals surface area contributed by atoms with Gasteiger partial charge in [0, 0.05) is 32.3 Å². The first-order valence-corrected chi connectivity index (χ1v) is 11.8. The van der Waals surface area contributed by atoms with Crippen molar-refractivity contribution in [2.75, 3.05) is 38.3 Å². The molecule has 2 saturated heterocycles. The first-order chi connectivity index (χ1) is 14.9. The van der Waals surface area contributed by atoms with E-state index in [-0.39, 0.29) is 17.0 Å².